The number of amides is 3. The smallest absolute Gasteiger partial charge is 0.315 e. The zero-order valence-corrected chi connectivity index (χ0v) is 15.6. The van der Waals surface area contributed by atoms with Crippen molar-refractivity contribution in [2.75, 3.05) is 19.6 Å². The Morgan fingerprint density at radius 3 is 2.44 bits per heavy atom. The molecule has 1 aliphatic carbocycles. The fourth-order valence-corrected chi connectivity index (χ4v) is 3.26. The highest BCUT2D eigenvalue weighted by Crippen LogP contribution is 2.17. The first-order chi connectivity index (χ1) is 12.0. The van der Waals surface area contributed by atoms with Gasteiger partial charge in [0.25, 0.3) is 0 Å². The lowest BCUT2D eigenvalue weighted by molar-refractivity contribution is -0.128. The third-order valence-corrected chi connectivity index (χ3v) is 4.89. The molecule has 0 atom stereocenters. The van der Waals surface area contributed by atoms with E-state index in [4.69, 9.17) is 11.6 Å². The van der Waals surface area contributed by atoms with E-state index in [0.717, 1.165) is 24.8 Å². The summed E-state index contributed by atoms with van der Waals surface area (Å²) in [6.45, 7) is 3.16. The number of halogens is 1. The normalized spacial score (nSPS) is 14.8. The molecule has 5 nitrogen and oxygen atoms in total. The van der Waals surface area contributed by atoms with Gasteiger partial charge < -0.3 is 15.5 Å². The monoisotopic (exact) mass is 365 g/mol. The predicted octanol–water partition coefficient (Wildman–Crippen LogP) is 3.36. The van der Waals surface area contributed by atoms with Gasteiger partial charge in [0.05, 0.1) is 0 Å². The zero-order valence-electron chi connectivity index (χ0n) is 14.9. The van der Waals surface area contributed by atoms with Crippen molar-refractivity contribution in [3.05, 3.63) is 34.9 Å². The number of urea groups is 1. The summed E-state index contributed by atoms with van der Waals surface area (Å²) in [5.74, 6) is 0.0171. The minimum Gasteiger partial charge on any atom is -0.341 e. The van der Waals surface area contributed by atoms with E-state index in [1.807, 2.05) is 24.3 Å². The molecule has 0 saturated heterocycles. The molecule has 0 heterocycles. The third-order valence-electron chi connectivity index (χ3n) is 4.64. The van der Waals surface area contributed by atoms with E-state index in [-0.39, 0.29) is 11.9 Å². The lowest BCUT2D eigenvalue weighted by atomic mass is 9.96. The first-order valence-corrected chi connectivity index (χ1v) is 9.46. The molecular formula is C19H28ClN3O2. The average molecular weight is 366 g/mol. The van der Waals surface area contributed by atoms with Crippen LogP contribution in [-0.2, 0) is 11.2 Å². The second-order valence-corrected chi connectivity index (χ2v) is 7.05. The topological polar surface area (TPSA) is 61.4 Å². The lowest BCUT2D eigenvalue weighted by Crippen LogP contribution is -2.45. The van der Waals surface area contributed by atoms with Crippen molar-refractivity contribution in [3.63, 3.8) is 0 Å². The summed E-state index contributed by atoms with van der Waals surface area (Å²) >= 11 is 5.88. The first-order valence-electron chi connectivity index (χ1n) is 9.09. The molecule has 138 valence electrons. The van der Waals surface area contributed by atoms with E-state index in [9.17, 15) is 9.59 Å². The molecule has 1 saturated carbocycles. The zero-order chi connectivity index (χ0) is 18.1. The van der Waals surface area contributed by atoms with Crippen molar-refractivity contribution in [2.24, 2.45) is 0 Å². The Hall–Kier alpha value is -1.75. The van der Waals surface area contributed by atoms with Crippen LogP contribution >= 0.6 is 11.6 Å². The molecule has 0 aliphatic heterocycles. The van der Waals surface area contributed by atoms with E-state index in [0.29, 0.717) is 30.7 Å². The lowest BCUT2D eigenvalue weighted by Gasteiger charge is -2.24. The molecule has 0 aromatic heterocycles. The number of hydrogen-bond acceptors (Lipinski definition) is 2. The van der Waals surface area contributed by atoms with E-state index < -0.39 is 0 Å². The van der Waals surface area contributed by atoms with Gasteiger partial charge in [-0.25, -0.2) is 4.79 Å². The van der Waals surface area contributed by atoms with Gasteiger partial charge in [-0.2, -0.15) is 0 Å². The molecule has 0 radical (unpaired) electrons. The van der Waals surface area contributed by atoms with E-state index in [1.165, 1.54) is 19.3 Å². The Balaban J connectivity index is 1.68. The third kappa shape index (κ3) is 7.34. The highest BCUT2D eigenvalue weighted by molar-refractivity contribution is 6.30. The SMILES string of the molecule is CC(=O)N(CCNC(=O)NC1CCCCC1)CCc1ccc(Cl)cc1. The van der Waals surface area contributed by atoms with Crippen LogP contribution in [0.5, 0.6) is 0 Å². The van der Waals surface area contributed by atoms with Crippen LogP contribution in [0.25, 0.3) is 0 Å². The number of carbonyl (C=O) groups is 2. The Morgan fingerprint density at radius 2 is 1.80 bits per heavy atom. The predicted molar refractivity (Wildman–Crippen MR) is 101 cm³/mol. The number of nitrogens with zero attached hydrogens (tertiary/aromatic N) is 1. The van der Waals surface area contributed by atoms with Gasteiger partial charge in [0.15, 0.2) is 0 Å². The fraction of sp³-hybridized carbons (Fsp3) is 0.579. The second-order valence-electron chi connectivity index (χ2n) is 6.62. The van der Waals surface area contributed by atoms with Crippen molar-refractivity contribution in [3.8, 4) is 0 Å². The van der Waals surface area contributed by atoms with Crippen LogP contribution in [0.15, 0.2) is 24.3 Å². The second kappa shape index (κ2) is 10.3. The molecule has 1 aliphatic rings. The van der Waals surface area contributed by atoms with Crippen LogP contribution in [0.4, 0.5) is 4.79 Å². The van der Waals surface area contributed by atoms with Crippen molar-refractivity contribution in [1.29, 1.82) is 0 Å². The molecule has 0 unspecified atom stereocenters. The summed E-state index contributed by atoms with van der Waals surface area (Å²) in [6.07, 6.45) is 6.54. The van der Waals surface area contributed by atoms with Gasteiger partial charge in [-0.15, -0.1) is 0 Å². The Bertz CT molecular complexity index is 556. The average Bonchev–Trinajstić information content (AvgIpc) is 2.60. The summed E-state index contributed by atoms with van der Waals surface area (Å²) in [5, 5.41) is 6.59. The minimum absolute atomic E-state index is 0.0171. The Labute approximate surface area is 155 Å². The molecule has 25 heavy (non-hydrogen) atoms. The van der Waals surface area contributed by atoms with Gasteiger partial charge in [0.2, 0.25) is 5.91 Å². The Morgan fingerprint density at radius 1 is 1.12 bits per heavy atom. The van der Waals surface area contributed by atoms with E-state index in [2.05, 4.69) is 10.6 Å². The van der Waals surface area contributed by atoms with Crippen LogP contribution in [0.3, 0.4) is 0 Å². The minimum atomic E-state index is -0.131. The molecule has 2 N–H and O–H groups in total. The molecular weight excluding hydrogens is 338 g/mol. The van der Waals surface area contributed by atoms with Crippen LogP contribution in [-0.4, -0.2) is 42.5 Å². The standard InChI is InChI=1S/C19H28ClN3O2/c1-15(24)23(13-11-16-7-9-17(20)10-8-16)14-12-21-19(25)22-18-5-3-2-4-6-18/h7-10,18H,2-6,11-14H2,1H3,(H2,21,22,25). The van der Waals surface area contributed by atoms with Crippen LogP contribution < -0.4 is 10.6 Å². The molecule has 1 fully saturated rings. The van der Waals surface area contributed by atoms with Crippen molar-refractivity contribution in [2.45, 2.75) is 51.5 Å². The van der Waals surface area contributed by atoms with Gasteiger partial charge in [-0.05, 0) is 37.0 Å². The van der Waals surface area contributed by atoms with E-state index >= 15 is 0 Å². The first kappa shape index (κ1) is 19.6. The number of rotatable bonds is 7. The molecule has 2 rings (SSSR count). The van der Waals surface area contributed by atoms with Gasteiger partial charge in [0.1, 0.15) is 0 Å². The quantitative estimate of drug-likeness (QED) is 0.778. The largest absolute Gasteiger partial charge is 0.341 e. The van der Waals surface area contributed by atoms with Crippen molar-refractivity contribution in [1.82, 2.24) is 15.5 Å². The van der Waals surface area contributed by atoms with Crippen LogP contribution in [0, 0.1) is 0 Å². The summed E-state index contributed by atoms with van der Waals surface area (Å²) < 4.78 is 0. The molecule has 1 aromatic rings. The highest BCUT2D eigenvalue weighted by Gasteiger charge is 2.15. The Kier molecular flexibility index (Phi) is 8.06. The molecule has 6 heteroatoms. The highest BCUT2D eigenvalue weighted by atomic mass is 35.5. The molecule has 3 amide bonds. The number of carbonyl (C=O) groups excluding carboxylic acids is 2. The van der Waals surface area contributed by atoms with Gasteiger partial charge >= 0.3 is 6.03 Å². The maximum atomic E-state index is 11.9. The van der Waals surface area contributed by atoms with E-state index in [1.54, 1.807) is 11.8 Å². The van der Waals surface area contributed by atoms with Crippen molar-refractivity contribution < 1.29 is 9.59 Å². The number of nitrogens with one attached hydrogen (secondary N) is 2. The summed E-state index contributed by atoms with van der Waals surface area (Å²) in [4.78, 5) is 25.5. The maximum absolute atomic E-state index is 11.9. The van der Waals surface area contributed by atoms with Gasteiger partial charge in [-0.1, -0.05) is 43.0 Å². The number of benzene rings is 1. The van der Waals surface area contributed by atoms with Crippen LogP contribution in [0.2, 0.25) is 5.02 Å². The van der Waals surface area contributed by atoms with Gasteiger partial charge in [0, 0.05) is 37.6 Å². The summed E-state index contributed by atoms with van der Waals surface area (Å²) in [7, 11) is 0. The molecule has 0 spiro atoms. The summed E-state index contributed by atoms with van der Waals surface area (Å²) in [5.41, 5.74) is 1.14. The molecule has 1 aromatic carbocycles. The van der Waals surface area contributed by atoms with Gasteiger partial charge in [-0.3, -0.25) is 4.79 Å². The fourth-order valence-electron chi connectivity index (χ4n) is 3.13. The summed E-state index contributed by atoms with van der Waals surface area (Å²) in [6, 6.07) is 7.81. The number of hydrogen-bond donors (Lipinski definition) is 2. The molecule has 0 bridgehead atoms. The van der Waals surface area contributed by atoms with Crippen LogP contribution in [0.1, 0.15) is 44.6 Å². The van der Waals surface area contributed by atoms with Crippen molar-refractivity contribution >= 4 is 23.5 Å². The maximum Gasteiger partial charge on any atom is 0.315 e.